The summed E-state index contributed by atoms with van der Waals surface area (Å²) in [5.74, 6) is -2.27. The normalized spacial score (nSPS) is 12.1. The van der Waals surface area contributed by atoms with Crippen molar-refractivity contribution in [2.24, 2.45) is 0 Å². The smallest absolute Gasteiger partial charge is 0.335 e. The van der Waals surface area contributed by atoms with Gasteiger partial charge in [0.1, 0.15) is 10.7 Å². The first-order valence-corrected chi connectivity index (χ1v) is 6.62. The van der Waals surface area contributed by atoms with E-state index in [1.807, 2.05) is 0 Å². The summed E-state index contributed by atoms with van der Waals surface area (Å²) in [6.07, 6.45) is 0. The lowest BCUT2D eigenvalue weighted by atomic mass is 10.2. The average molecular weight is 275 g/mol. The van der Waals surface area contributed by atoms with E-state index in [1.165, 1.54) is 7.05 Å². The number of hydrogen-bond donors (Lipinski definition) is 1. The van der Waals surface area contributed by atoms with Gasteiger partial charge in [-0.05, 0) is 32.0 Å². The van der Waals surface area contributed by atoms with Crippen LogP contribution in [0.25, 0.3) is 0 Å². The topological polar surface area (TPSA) is 74.7 Å². The van der Waals surface area contributed by atoms with E-state index < -0.39 is 26.7 Å². The largest absolute Gasteiger partial charge is 0.478 e. The van der Waals surface area contributed by atoms with E-state index in [4.69, 9.17) is 5.11 Å². The number of carboxylic acid groups (broad SMARTS) is 1. The molecular formula is C11H14FNO4S. The molecule has 0 aliphatic carbocycles. The fourth-order valence-electron chi connectivity index (χ4n) is 1.27. The zero-order chi connectivity index (χ0) is 14.1. The molecule has 0 fully saturated rings. The Balaban J connectivity index is 3.41. The van der Waals surface area contributed by atoms with Crippen molar-refractivity contribution in [3.05, 3.63) is 29.6 Å². The highest BCUT2D eigenvalue weighted by Crippen LogP contribution is 2.21. The lowest BCUT2D eigenvalue weighted by Crippen LogP contribution is -2.33. The van der Waals surface area contributed by atoms with Crippen LogP contribution < -0.4 is 0 Å². The van der Waals surface area contributed by atoms with Gasteiger partial charge in [0, 0.05) is 13.1 Å². The highest BCUT2D eigenvalue weighted by Gasteiger charge is 2.27. The maximum atomic E-state index is 13.6. The number of hydrogen-bond acceptors (Lipinski definition) is 3. The van der Waals surface area contributed by atoms with Gasteiger partial charge in [0.15, 0.2) is 0 Å². The van der Waals surface area contributed by atoms with Crippen molar-refractivity contribution in [2.75, 3.05) is 7.05 Å². The molecule has 1 aromatic rings. The second-order valence-electron chi connectivity index (χ2n) is 4.07. The molecule has 0 bridgehead atoms. The van der Waals surface area contributed by atoms with Crippen LogP contribution in [0, 0.1) is 5.82 Å². The summed E-state index contributed by atoms with van der Waals surface area (Å²) in [7, 11) is -2.72. The number of benzene rings is 1. The fourth-order valence-corrected chi connectivity index (χ4v) is 2.72. The van der Waals surface area contributed by atoms with Crippen molar-refractivity contribution in [2.45, 2.75) is 24.8 Å². The first kappa shape index (κ1) is 14.6. The minimum absolute atomic E-state index is 0.271. The van der Waals surface area contributed by atoms with Gasteiger partial charge in [-0.3, -0.25) is 0 Å². The third-order valence-corrected chi connectivity index (χ3v) is 4.61. The van der Waals surface area contributed by atoms with E-state index in [9.17, 15) is 17.6 Å². The maximum Gasteiger partial charge on any atom is 0.335 e. The van der Waals surface area contributed by atoms with Gasteiger partial charge >= 0.3 is 5.97 Å². The van der Waals surface area contributed by atoms with Crippen molar-refractivity contribution in [1.29, 1.82) is 0 Å². The molecule has 0 atom stereocenters. The van der Waals surface area contributed by atoms with E-state index >= 15 is 0 Å². The summed E-state index contributed by atoms with van der Waals surface area (Å²) >= 11 is 0. The van der Waals surface area contributed by atoms with Crippen molar-refractivity contribution >= 4 is 16.0 Å². The van der Waals surface area contributed by atoms with Crippen molar-refractivity contribution in [3.8, 4) is 0 Å². The molecule has 18 heavy (non-hydrogen) atoms. The van der Waals surface area contributed by atoms with E-state index in [0.717, 1.165) is 22.5 Å². The van der Waals surface area contributed by atoms with E-state index in [2.05, 4.69) is 0 Å². The van der Waals surface area contributed by atoms with Gasteiger partial charge in [0.05, 0.1) is 5.56 Å². The van der Waals surface area contributed by atoms with Gasteiger partial charge in [0.2, 0.25) is 10.0 Å². The second kappa shape index (κ2) is 5.03. The summed E-state index contributed by atoms with van der Waals surface area (Å²) in [4.78, 5) is 10.1. The van der Waals surface area contributed by atoms with Crippen LogP contribution in [0.15, 0.2) is 23.1 Å². The Bertz CT molecular complexity index is 568. The number of carboxylic acids is 1. The molecule has 0 radical (unpaired) electrons. The monoisotopic (exact) mass is 275 g/mol. The Morgan fingerprint density at radius 2 is 1.94 bits per heavy atom. The van der Waals surface area contributed by atoms with Crippen molar-refractivity contribution in [3.63, 3.8) is 0 Å². The number of sulfonamides is 1. The summed E-state index contributed by atoms with van der Waals surface area (Å²) in [5, 5.41) is 8.78. The molecule has 0 aromatic heterocycles. The average Bonchev–Trinajstić information content (AvgIpc) is 2.27. The Morgan fingerprint density at radius 1 is 1.39 bits per heavy atom. The molecule has 100 valence electrons. The lowest BCUT2D eigenvalue weighted by Gasteiger charge is -2.21. The van der Waals surface area contributed by atoms with Crippen molar-refractivity contribution in [1.82, 2.24) is 4.31 Å². The van der Waals surface area contributed by atoms with Crippen LogP contribution in [0.3, 0.4) is 0 Å². The number of halogens is 1. The molecular weight excluding hydrogens is 261 g/mol. The Morgan fingerprint density at radius 3 is 2.39 bits per heavy atom. The Labute approximate surface area is 105 Å². The fraction of sp³-hybridized carbons (Fsp3) is 0.364. The van der Waals surface area contributed by atoms with E-state index in [1.54, 1.807) is 13.8 Å². The van der Waals surface area contributed by atoms with Gasteiger partial charge < -0.3 is 5.11 Å². The number of carbonyl (C=O) groups is 1. The Hall–Kier alpha value is -1.47. The number of nitrogens with zero attached hydrogens (tertiary/aromatic N) is 1. The molecule has 0 heterocycles. The third kappa shape index (κ3) is 2.68. The molecule has 1 N–H and O–H groups in total. The van der Waals surface area contributed by atoms with Crippen LogP contribution in [0.2, 0.25) is 0 Å². The minimum atomic E-state index is -4.03. The molecule has 0 saturated heterocycles. The summed E-state index contributed by atoms with van der Waals surface area (Å²) in [5.41, 5.74) is -0.271. The van der Waals surface area contributed by atoms with Gasteiger partial charge in [-0.2, -0.15) is 4.31 Å². The maximum absolute atomic E-state index is 13.6. The molecule has 0 saturated carbocycles. The highest BCUT2D eigenvalue weighted by atomic mass is 32.2. The molecule has 5 nitrogen and oxygen atoms in total. The minimum Gasteiger partial charge on any atom is -0.478 e. The second-order valence-corrected chi connectivity index (χ2v) is 6.03. The molecule has 0 amide bonds. The van der Waals surface area contributed by atoms with Crippen LogP contribution in [0.1, 0.15) is 24.2 Å². The summed E-state index contributed by atoms with van der Waals surface area (Å²) < 4.78 is 38.7. The third-order valence-electron chi connectivity index (χ3n) is 2.56. The number of aromatic carboxylic acids is 1. The van der Waals surface area contributed by atoms with Crippen LogP contribution in [0.4, 0.5) is 4.39 Å². The van der Waals surface area contributed by atoms with E-state index in [0.29, 0.717) is 0 Å². The first-order chi connectivity index (χ1) is 8.17. The van der Waals surface area contributed by atoms with Crippen LogP contribution in [0.5, 0.6) is 0 Å². The molecule has 0 aliphatic rings. The highest BCUT2D eigenvalue weighted by molar-refractivity contribution is 7.89. The molecule has 0 spiro atoms. The SMILES string of the molecule is CC(C)N(C)S(=O)(=O)c1cc(C(=O)O)ccc1F. The zero-order valence-electron chi connectivity index (χ0n) is 10.2. The summed E-state index contributed by atoms with van der Waals surface area (Å²) in [6.45, 7) is 3.27. The van der Waals surface area contributed by atoms with Gasteiger partial charge in [0.25, 0.3) is 0 Å². The van der Waals surface area contributed by atoms with Crippen LogP contribution in [-0.4, -0.2) is 36.9 Å². The Kier molecular flexibility index (Phi) is 4.08. The molecule has 0 aliphatic heterocycles. The quantitative estimate of drug-likeness (QED) is 0.904. The molecule has 1 rings (SSSR count). The van der Waals surface area contributed by atoms with Crippen molar-refractivity contribution < 1.29 is 22.7 Å². The van der Waals surface area contributed by atoms with Crippen LogP contribution in [-0.2, 0) is 10.0 Å². The lowest BCUT2D eigenvalue weighted by molar-refractivity contribution is 0.0696. The number of rotatable bonds is 4. The van der Waals surface area contributed by atoms with Gasteiger partial charge in [-0.15, -0.1) is 0 Å². The molecule has 0 unspecified atom stereocenters. The first-order valence-electron chi connectivity index (χ1n) is 5.18. The standard InChI is InChI=1S/C11H14FNO4S/c1-7(2)13(3)18(16,17)10-6-8(11(14)15)4-5-9(10)12/h4-7H,1-3H3,(H,14,15). The zero-order valence-corrected chi connectivity index (χ0v) is 11.0. The molecule has 1 aromatic carbocycles. The summed E-state index contributed by atoms with van der Waals surface area (Å²) in [6, 6.07) is 2.32. The molecule has 7 heteroatoms. The van der Waals surface area contributed by atoms with Crippen LogP contribution >= 0.6 is 0 Å². The predicted molar refractivity (Wildman–Crippen MR) is 63.4 cm³/mol. The predicted octanol–water partition coefficient (Wildman–Crippen LogP) is 1.55. The van der Waals surface area contributed by atoms with E-state index in [-0.39, 0.29) is 11.6 Å². The van der Waals surface area contributed by atoms with Gasteiger partial charge in [-0.25, -0.2) is 17.6 Å². The van der Waals surface area contributed by atoms with Gasteiger partial charge in [-0.1, -0.05) is 0 Å².